The first kappa shape index (κ1) is 25.6. The van der Waals surface area contributed by atoms with E-state index in [2.05, 4.69) is 0 Å². The van der Waals surface area contributed by atoms with E-state index in [1.807, 2.05) is 0 Å². The second-order valence-electron chi connectivity index (χ2n) is 8.28. The van der Waals surface area contributed by atoms with Gasteiger partial charge in [-0.1, -0.05) is 24.3 Å². The minimum Gasteiger partial charge on any atom is -0.444 e. The van der Waals surface area contributed by atoms with Gasteiger partial charge in [0.1, 0.15) is 23.4 Å². The molecule has 0 aliphatic rings. The van der Waals surface area contributed by atoms with Crippen molar-refractivity contribution in [1.82, 2.24) is 4.90 Å². The molecule has 1 amide bonds. The molecule has 0 atom stereocenters. The highest BCUT2D eigenvalue weighted by atomic mass is 16.7. The first-order chi connectivity index (χ1) is 15.7. The van der Waals surface area contributed by atoms with E-state index in [1.54, 1.807) is 58.0 Å². The molecule has 0 unspecified atom stereocenters. The Morgan fingerprint density at radius 2 is 1.76 bits per heavy atom. The van der Waals surface area contributed by atoms with Gasteiger partial charge in [0.15, 0.2) is 0 Å². The lowest BCUT2D eigenvalue weighted by molar-refractivity contribution is -0.120. The van der Waals surface area contributed by atoms with Crippen molar-refractivity contribution in [3.8, 4) is 11.5 Å². The largest absolute Gasteiger partial charge is 0.513 e. The topological polar surface area (TPSA) is 108 Å². The average molecular weight is 459 g/mol. The van der Waals surface area contributed by atoms with Crippen LogP contribution in [-0.4, -0.2) is 55.2 Å². The monoisotopic (exact) mass is 459 g/mol. The Kier molecular flexibility index (Phi) is 9.20. The summed E-state index contributed by atoms with van der Waals surface area (Å²) in [5, 5.41) is 1.23. The summed E-state index contributed by atoms with van der Waals surface area (Å²) in [6.07, 6.45) is 0.147. The zero-order chi connectivity index (χ0) is 24.4. The molecule has 0 radical (unpaired) electrons. The normalized spacial score (nSPS) is 10.9. The van der Waals surface area contributed by atoms with Gasteiger partial charge in [0.2, 0.25) is 0 Å². The maximum absolute atomic E-state index is 12.2. The van der Waals surface area contributed by atoms with Gasteiger partial charge in [-0.15, -0.1) is 0 Å². The van der Waals surface area contributed by atoms with Gasteiger partial charge in [-0.25, -0.2) is 9.59 Å². The first-order valence-corrected chi connectivity index (χ1v) is 10.5. The Morgan fingerprint density at radius 1 is 1.06 bits per heavy atom. The van der Waals surface area contributed by atoms with Gasteiger partial charge in [-0.05, 0) is 52.2 Å². The van der Waals surface area contributed by atoms with Gasteiger partial charge in [0, 0.05) is 17.3 Å². The molecule has 0 saturated carbocycles. The Morgan fingerprint density at radius 3 is 2.39 bits per heavy atom. The molecule has 2 aromatic rings. The molecular formula is C24H29NO8. The van der Waals surface area contributed by atoms with Crippen molar-refractivity contribution in [2.45, 2.75) is 46.1 Å². The molecule has 0 aliphatic carbocycles. The van der Waals surface area contributed by atoms with Crippen LogP contribution in [0.4, 0.5) is 9.59 Å². The summed E-state index contributed by atoms with van der Waals surface area (Å²) in [4.78, 5) is 47.3. The van der Waals surface area contributed by atoms with Crippen molar-refractivity contribution in [2.24, 2.45) is 0 Å². The molecule has 33 heavy (non-hydrogen) atoms. The minimum absolute atomic E-state index is 0.0747. The molecule has 0 fully saturated rings. The number of rotatable bonds is 10. The standard InChI is InChI=1S/C24H29NO8/c1-17-15-20(18-9-5-6-10-19(18)21(17)31-16-27)32-23(29)30-14-8-7-11-25(12-13-26)22(28)33-24(2,3)4/h5-6,9-10,13,15-16H,7-8,11-12,14H2,1-4H3. The molecule has 9 nitrogen and oxygen atoms in total. The van der Waals surface area contributed by atoms with E-state index in [0.717, 1.165) is 0 Å². The van der Waals surface area contributed by atoms with Crippen LogP contribution in [0.15, 0.2) is 30.3 Å². The number of carbonyl (C=O) groups excluding carboxylic acids is 4. The minimum atomic E-state index is -0.875. The zero-order valence-electron chi connectivity index (χ0n) is 19.3. The van der Waals surface area contributed by atoms with Crippen LogP contribution in [0.1, 0.15) is 39.2 Å². The lowest BCUT2D eigenvalue weighted by Gasteiger charge is -2.26. The Bertz CT molecular complexity index is 996. The number of nitrogens with zero attached hydrogens (tertiary/aromatic N) is 1. The fraction of sp³-hybridized carbons (Fsp3) is 0.417. The van der Waals surface area contributed by atoms with E-state index >= 15 is 0 Å². The molecule has 0 spiro atoms. The predicted molar refractivity (Wildman–Crippen MR) is 120 cm³/mol. The highest BCUT2D eigenvalue weighted by Gasteiger charge is 2.21. The van der Waals surface area contributed by atoms with Gasteiger partial charge < -0.3 is 28.6 Å². The second kappa shape index (κ2) is 11.8. The number of hydrogen-bond acceptors (Lipinski definition) is 8. The van der Waals surface area contributed by atoms with E-state index < -0.39 is 17.8 Å². The van der Waals surface area contributed by atoms with Crippen LogP contribution in [0.3, 0.4) is 0 Å². The molecule has 0 aliphatic heterocycles. The third-order valence-corrected chi connectivity index (χ3v) is 4.49. The number of hydrogen-bond donors (Lipinski definition) is 0. The lowest BCUT2D eigenvalue weighted by atomic mass is 10.0. The molecule has 0 aromatic heterocycles. The van der Waals surface area contributed by atoms with E-state index in [1.165, 1.54) is 4.90 Å². The van der Waals surface area contributed by atoms with Crippen molar-refractivity contribution in [3.05, 3.63) is 35.9 Å². The predicted octanol–water partition coefficient (Wildman–Crippen LogP) is 4.42. The van der Waals surface area contributed by atoms with Crippen LogP contribution in [0.25, 0.3) is 10.8 Å². The summed E-state index contributed by atoms with van der Waals surface area (Å²) in [6, 6.07) is 8.66. The van der Waals surface area contributed by atoms with Crippen LogP contribution in [0.2, 0.25) is 0 Å². The Hall–Kier alpha value is -3.62. The SMILES string of the molecule is Cc1cc(OC(=O)OCCCCN(CC=O)C(=O)OC(C)(C)C)c2ccccc2c1OC=O. The number of aldehydes is 1. The quantitative estimate of drug-likeness (QED) is 0.222. The number of benzene rings is 2. The van der Waals surface area contributed by atoms with E-state index in [4.69, 9.17) is 18.9 Å². The lowest BCUT2D eigenvalue weighted by Crippen LogP contribution is -2.38. The number of carbonyl (C=O) groups is 4. The summed E-state index contributed by atoms with van der Waals surface area (Å²) in [5.74, 6) is 0.680. The van der Waals surface area contributed by atoms with Crippen molar-refractivity contribution < 1.29 is 38.1 Å². The van der Waals surface area contributed by atoms with E-state index in [9.17, 15) is 19.2 Å². The number of aryl methyl sites for hydroxylation is 1. The van der Waals surface area contributed by atoms with Crippen molar-refractivity contribution in [1.29, 1.82) is 0 Å². The van der Waals surface area contributed by atoms with Crippen molar-refractivity contribution >= 4 is 35.8 Å². The number of ether oxygens (including phenoxy) is 4. The smallest absolute Gasteiger partial charge is 0.444 e. The van der Waals surface area contributed by atoms with Crippen LogP contribution in [-0.2, 0) is 19.1 Å². The van der Waals surface area contributed by atoms with Gasteiger partial charge in [-0.3, -0.25) is 4.79 Å². The molecule has 0 bridgehead atoms. The maximum atomic E-state index is 12.2. The summed E-state index contributed by atoms with van der Waals surface area (Å²) in [6.45, 7) is 7.61. The second-order valence-corrected chi connectivity index (χ2v) is 8.28. The third-order valence-electron chi connectivity index (χ3n) is 4.49. The summed E-state index contributed by atoms with van der Waals surface area (Å²) in [7, 11) is 0. The molecule has 2 rings (SSSR count). The maximum Gasteiger partial charge on any atom is 0.513 e. The van der Waals surface area contributed by atoms with Gasteiger partial charge in [-0.2, -0.15) is 0 Å². The Labute approximate surface area is 192 Å². The van der Waals surface area contributed by atoms with Crippen LogP contribution >= 0.6 is 0 Å². The first-order valence-electron chi connectivity index (χ1n) is 10.5. The van der Waals surface area contributed by atoms with Crippen LogP contribution in [0.5, 0.6) is 11.5 Å². The highest BCUT2D eigenvalue weighted by Crippen LogP contribution is 2.36. The Balaban J connectivity index is 1.89. The molecule has 178 valence electrons. The molecule has 9 heteroatoms. The third kappa shape index (κ3) is 7.78. The fourth-order valence-electron chi connectivity index (χ4n) is 3.09. The molecule has 0 saturated heterocycles. The van der Waals surface area contributed by atoms with Gasteiger partial charge in [0.25, 0.3) is 6.47 Å². The summed E-state index contributed by atoms with van der Waals surface area (Å²) >= 11 is 0. The van der Waals surface area contributed by atoms with Crippen molar-refractivity contribution in [3.63, 3.8) is 0 Å². The molecular weight excluding hydrogens is 430 g/mol. The number of amides is 1. The average Bonchev–Trinajstić information content (AvgIpc) is 2.74. The summed E-state index contributed by atoms with van der Waals surface area (Å²) in [5.41, 5.74) is -0.0356. The number of fused-ring (bicyclic) bond motifs is 1. The van der Waals surface area contributed by atoms with Crippen LogP contribution < -0.4 is 9.47 Å². The molecule has 0 heterocycles. The molecule has 2 aromatic carbocycles. The summed E-state index contributed by atoms with van der Waals surface area (Å²) < 4.78 is 20.9. The fourth-order valence-corrected chi connectivity index (χ4v) is 3.09. The number of unbranched alkanes of at least 4 members (excludes halogenated alkanes) is 1. The zero-order valence-corrected chi connectivity index (χ0v) is 19.3. The van der Waals surface area contributed by atoms with Gasteiger partial charge >= 0.3 is 12.2 Å². The van der Waals surface area contributed by atoms with E-state index in [0.29, 0.717) is 47.7 Å². The van der Waals surface area contributed by atoms with Gasteiger partial charge in [0.05, 0.1) is 13.2 Å². The van der Waals surface area contributed by atoms with Crippen molar-refractivity contribution in [2.75, 3.05) is 19.7 Å². The van der Waals surface area contributed by atoms with Crippen LogP contribution in [0, 0.1) is 6.92 Å². The molecule has 0 N–H and O–H groups in total. The van der Waals surface area contributed by atoms with E-state index in [-0.39, 0.29) is 25.4 Å². The highest BCUT2D eigenvalue weighted by molar-refractivity contribution is 5.96.